The van der Waals surface area contributed by atoms with E-state index < -0.39 is 39.5 Å². The van der Waals surface area contributed by atoms with Gasteiger partial charge in [0.05, 0.1) is 12.0 Å². The number of carbonyl (C=O) groups excluding carboxylic acids is 2. The summed E-state index contributed by atoms with van der Waals surface area (Å²) in [7, 11) is -3.92. The molecule has 1 fully saturated rings. The van der Waals surface area contributed by atoms with Gasteiger partial charge in [-0.3, -0.25) is 9.69 Å². The van der Waals surface area contributed by atoms with Crippen LogP contribution in [0.15, 0.2) is 72.1 Å². The van der Waals surface area contributed by atoms with Gasteiger partial charge in [-0.15, -0.1) is 24.2 Å². The predicted molar refractivity (Wildman–Crippen MR) is 122 cm³/mol. The summed E-state index contributed by atoms with van der Waals surface area (Å²) in [6.07, 6.45) is 0.111. The maximum atomic E-state index is 13.3. The molecule has 170 valence electrons. The normalized spacial score (nSPS) is 20.2. The predicted octanol–water partition coefficient (Wildman–Crippen LogP) is 2.17. The molecule has 4 rings (SSSR count). The van der Waals surface area contributed by atoms with E-state index in [0.29, 0.717) is 0 Å². The van der Waals surface area contributed by atoms with Gasteiger partial charge in [-0.25, -0.2) is 4.79 Å². The monoisotopic (exact) mass is 496 g/mol. The fourth-order valence-corrected chi connectivity index (χ4v) is 5.25. The van der Waals surface area contributed by atoms with Crippen molar-refractivity contribution in [2.24, 2.45) is 5.73 Å². The number of carbonyl (C=O) groups is 2. The van der Waals surface area contributed by atoms with Crippen LogP contribution < -0.4 is 5.73 Å². The minimum Gasteiger partial charge on any atom is -0.448 e. The SMILES string of the molecule is CS(=O)(=O)OC1=C(C(=O)OC(c2ccccc2)c2ccccc2)N2C(=O)[C@@H](N)[C@H]2SC1.Cl. The van der Waals surface area contributed by atoms with Crippen LogP contribution in [0.1, 0.15) is 17.2 Å². The second kappa shape index (κ2) is 9.53. The molecule has 2 aliphatic rings. The van der Waals surface area contributed by atoms with Crippen molar-refractivity contribution < 1.29 is 26.9 Å². The lowest BCUT2D eigenvalue weighted by atomic mass is 10.0. The molecule has 2 atom stereocenters. The van der Waals surface area contributed by atoms with E-state index in [1.165, 1.54) is 11.8 Å². The van der Waals surface area contributed by atoms with Crippen molar-refractivity contribution >= 4 is 46.2 Å². The number of ether oxygens (including phenoxy) is 1. The summed E-state index contributed by atoms with van der Waals surface area (Å²) in [6, 6.07) is 17.5. The van der Waals surface area contributed by atoms with Crippen LogP contribution in [0.4, 0.5) is 0 Å². The van der Waals surface area contributed by atoms with E-state index in [1.54, 1.807) is 0 Å². The molecule has 1 amide bonds. The zero-order chi connectivity index (χ0) is 22.2. The maximum Gasteiger partial charge on any atom is 0.359 e. The van der Waals surface area contributed by atoms with Crippen LogP contribution in [0.5, 0.6) is 0 Å². The van der Waals surface area contributed by atoms with Gasteiger partial charge in [0.15, 0.2) is 17.6 Å². The molecular weight excluding hydrogens is 476 g/mol. The van der Waals surface area contributed by atoms with Crippen molar-refractivity contribution in [1.29, 1.82) is 0 Å². The largest absolute Gasteiger partial charge is 0.448 e. The van der Waals surface area contributed by atoms with E-state index in [-0.39, 0.29) is 29.6 Å². The average Bonchev–Trinajstić information content (AvgIpc) is 2.76. The highest BCUT2D eigenvalue weighted by atomic mass is 35.5. The number of rotatable bonds is 6. The summed E-state index contributed by atoms with van der Waals surface area (Å²) >= 11 is 1.23. The van der Waals surface area contributed by atoms with Gasteiger partial charge in [0, 0.05) is 0 Å². The Balaban J connectivity index is 0.00000289. The highest BCUT2D eigenvalue weighted by Gasteiger charge is 2.53. The molecule has 0 unspecified atom stereocenters. The van der Waals surface area contributed by atoms with Crippen molar-refractivity contribution in [3.63, 3.8) is 0 Å². The van der Waals surface area contributed by atoms with Crippen LogP contribution >= 0.6 is 24.2 Å². The van der Waals surface area contributed by atoms with Crippen molar-refractivity contribution in [1.82, 2.24) is 4.90 Å². The lowest BCUT2D eigenvalue weighted by Crippen LogP contribution is -2.68. The molecular formula is C21H21ClN2O6S2. The molecule has 32 heavy (non-hydrogen) atoms. The summed E-state index contributed by atoms with van der Waals surface area (Å²) in [4.78, 5) is 26.8. The van der Waals surface area contributed by atoms with Gasteiger partial charge in [-0.2, -0.15) is 8.42 Å². The third kappa shape index (κ3) is 4.78. The third-order valence-electron chi connectivity index (χ3n) is 4.85. The smallest absolute Gasteiger partial charge is 0.359 e. The molecule has 2 aromatic rings. The van der Waals surface area contributed by atoms with E-state index in [1.807, 2.05) is 60.7 Å². The number of halogens is 1. The average molecular weight is 497 g/mol. The van der Waals surface area contributed by atoms with Gasteiger partial charge < -0.3 is 14.7 Å². The van der Waals surface area contributed by atoms with Crippen molar-refractivity contribution in [3.8, 4) is 0 Å². The number of nitrogens with zero attached hydrogens (tertiary/aromatic N) is 1. The number of thioether (sulfide) groups is 1. The topological polar surface area (TPSA) is 116 Å². The van der Waals surface area contributed by atoms with Gasteiger partial charge in [-0.05, 0) is 11.1 Å². The Morgan fingerprint density at radius 3 is 2.12 bits per heavy atom. The first kappa shape index (κ1) is 24.1. The first-order valence-corrected chi connectivity index (χ1v) is 12.3. The first-order chi connectivity index (χ1) is 14.8. The van der Waals surface area contributed by atoms with Gasteiger partial charge in [-0.1, -0.05) is 60.7 Å². The van der Waals surface area contributed by atoms with Crippen LogP contribution in [0.3, 0.4) is 0 Å². The maximum absolute atomic E-state index is 13.3. The Kier molecular flexibility index (Phi) is 7.19. The van der Waals surface area contributed by atoms with Gasteiger partial charge in [0.1, 0.15) is 11.4 Å². The fraction of sp³-hybridized carbons (Fsp3) is 0.238. The third-order valence-corrected chi connectivity index (χ3v) is 6.63. The molecule has 2 aliphatic heterocycles. The molecule has 11 heteroatoms. The quantitative estimate of drug-likeness (QED) is 0.367. The zero-order valence-corrected chi connectivity index (χ0v) is 19.4. The van der Waals surface area contributed by atoms with E-state index in [9.17, 15) is 18.0 Å². The lowest BCUT2D eigenvalue weighted by Gasteiger charge is -2.47. The Hall–Kier alpha value is -2.53. The molecule has 0 bridgehead atoms. The van der Waals surface area contributed by atoms with Crippen LogP contribution in [0.2, 0.25) is 0 Å². The number of fused-ring (bicyclic) bond motifs is 1. The summed E-state index contributed by atoms with van der Waals surface area (Å²) in [6.45, 7) is 0. The minimum absolute atomic E-state index is 0. The van der Waals surface area contributed by atoms with Gasteiger partial charge in [0.2, 0.25) is 5.91 Å². The van der Waals surface area contributed by atoms with Crippen LogP contribution in [0, 0.1) is 0 Å². The molecule has 0 aromatic heterocycles. The Bertz CT molecular complexity index is 1100. The second-order valence-electron chi connectivity index (χ2n) is 7.10. The molecule has 0 radical (unpaired) electrons. The number of β-lactam (4-membered cyclic amide) rings is 1. The van der Waals surface area contributed by atoms with Crippen molar-refractivity contribution in [2.45, 2.75) is 17.5 Å². The first-order valence-electron chi connectivity index (χ1n) is 9.40. The Labute approximate surface area is 196 Å². The number of esters is 1. The molecule has 0 saturated carbocycles. The lowest BCUT2D eigenvalue weighted by molar-refractivity contribution is -0.153. The molecule has 2 N–H and O–H groups in total. The van der Waals surface area contributed by atoms with Crippen LogP contribution in [0.25, 0.3) is 0 Å². The van der Waals surface area contributed by atoms with Crippen LogP contribution in [-0.4, -0.2) is 48.6 Å². The number of benzene rings is 2. The highest BCUT2D eigenvalue weighted by Crippen LogP contribution is 2.41. The molecule has 1 saturated heterocycles. The number of amides is 1. The minimum atomic E-state index is -3.92. The van der Waals surface area contributed by atoms with Gasteiger partial charge >= 0.3 is 16.1 Å². The summed E-state index contributed by atoms with van der Waals surface area (Å²) in [5, 5.41) is -0.478. The highest BCUT2D eigenvalue weighted by molar-refractivity contribution is 8.00. The second-order valence-corrected chi connectivity index (χ2v) is 9.78. The Morgan fingerprint density at radius 2 is 1.62 bits per heavy atom. The van der Waals surface area contributed by atoms with Crippen molar-refractivity contribution in [3.05, 3.63) is 83.2 Å². The molecule has 0 aliphatic carbocycles. The standard InChI is InChI=1S/C21H20N2O6S2.ClH/c1-31(26,27)29-15-12-30-20-16(22)19(24)23(20)17(15)21(25)28-18(13-8-4-2-5-9-13)14-10-6-3-7-11-14;/h2-11,16,18,20H,12,22H2,1H3;1H/t16-,20-;/m1./s1. The fourth-order valence-electron chi connectivity index (χ4n) is 3.47. The molecule has 8 nitrogen and oxygen atoms in total. The zero-order valence-electron chi connectivity index (χ0n) is 16.9. The van der Waals surface area contributed by atoms with Crippen LogP contribution in [-0.2, 0) is 28.6 Å². The Morgan fingerprint density at radius 1 is 1.09 bits per heavy atom. The van der Waals surface area contributed by atoms with E-state index in [4.69, 9.17) is 14.7 Å². The summed E-state index contributed by atoms with van der Waals surface area (Å²) in [5.41, 5.74) is 7.07. The van der Waals surface area contributed by atoms with Crippen molar-refractivity contribution in [2.75, 3.05) is 12.0 Å². The molecule has 2 heterocycles. The van der Waals surface area contributed by atoms with E-state index in [0.717, 1.165) is 22.3 Å². The number of hydrogen-bond acceptors (Lipinski definition) is 8. The number of hydrogen-bond donors (Lipinski definition) is 1. The van der Waals surface area contributed by atoms with E-state index in [2.05, 4.69) is 0 Å². The molecule has 0 spiro atoms. The number of nitrogens with two attached hydrogens (primary N) is 1. The molecule has 2 aromatic carbocycles. The summed E-state index contributed by atoms with van der Waals surface area (Å²) < 4.78 is 34.3. The van der Waals surface area contributed by atoms with Gasteiger partial charge in [0.25, 0.3) is 0 Å². The summed E-state index contributed by atoms with van der Waals surface area (Å²) in [5.74, 6) is -1.42. The van der Waals surface area contributed by atoms with E-state index >= 15 is 0 Å².